The molecule has 2 fully saturated rings. The largest absolute Gasteiger partial charge is 0.481 e. The van der Waals surface area contributed by atoms with Crippen molar-refractivity contribution in [2.45, 2.75) is 96.6 Å². The maximum Gasteiger partial charge on any atom is 0.305 e. The summed E-state index contributed by atoms with van der Waals surface area (Å²) in [6.45, 7) is 8.13. The van der Waals surface area contributed by atoms with Crippen LogP contribution in [0.2, 0.25) is 0 Å². The summed E-state index contributed by atoms with van der Waals surface area (Å²) < 4.78 is 7.81. The first-order valence-electron chi connectivity index (χ1n) is 12.6. The first kappa shape index (κ1) is 23.9. The van der Waals surface area contributed by atoms with Gasteiger partial charge in [0.05, 0.1) is 30.5 Å². The maximum atomic E-state index is 11.6. The van der Waals surface area contributed by atoms with Gasteiger partial charge in [0.1, 0.15) is 0 Å². The normalized spacial score (nSPS) is 21.5. The number of aliphatic carboxylic acids is 1. The third-order valence-corrected chi connectivity index (χ3v) is 6.94. The second-order valence-corrected chi connectivity index (χ2v) is 11.3. The number of benzene rings is 1. The number of nitrogens with zero attached hydrogens (tertiary/aromatic N) is 3. The van der Waals surface area contributed by atoms with E-state index in [-0.39, 0.29) is 12.5 Å². The van der Waals surface area contributed by atoms with E-state index in [1.807, 2.05) is 22.9 Å². The second kappa shape index (κ2) is 10.4. The van der Waals surface area contributed by atoms with Crippen LogP contribution in [0.5, 0.6) is 0 Å². The number of carbonyl (C=O) groups is 1. The summed E-state index contributed by atoms with van der Waals surface area (Å²) in [6.07, 6.45) is 7.58. The quantitative estimate of drug-likeness (QED) is 0.393. The lowest BCUT2D eigenvalue weighted by atomic mass is 9.67. The molecule has 2 aliphatic carbocycles. The lowest BCUT2D eigenvalue weighted by Crippen LogP contribution is -2.27. The first-order chi connectivity index (χ1) is 15.8. The Balaban J connectivity index is 1.37. The zero-order valence-electron chi connectivity index (χ0n) is 20.4. The van der Waals surface area contributed by atoms with Crippen LogP contribution in [-0.2, 0) is 16.1 Å². The predicted octanol–water partition coefficient (Wildman–Crippen LogP) is 6.10. The van der Waals surface area contributed by atoms with Crippen LogP contribution in [-0.4, -0.2) is 32.7 Å². The van der Waals surface area contributed by atoms with Crippen molar-refractivity contribution in [3.05, 3.63) is 47.3 Å². The number of carboxylic acid groups (broad SMARTS) is 1. The predicted molar refractivity (Wildman–Crippen MR) is 128 cm³/mol. The molecule has 0 amide bonds. The molecule has 2 aromatic rings. The van der Waals surface area contributed by atoms with Crippen molar-refractivity contribution in [1.82, 2.24) is 15.0 Å². The lowest BCUT2D eigenvalue weighted by Gasteiger charge is -2.38. The number of carboxylic acids is 1. The van der Waals surface area contributed by atoms with Gasteiger partial charge in [-0.1, -0.05) is 56.3 Å². The fraction of sp³-hybridized carbons (Fsp3) is 0.667. The van der Waals surface area contributed by atoms with E-state index in [0.29, 0.717) is 30.5 Å². The summed E-state index contributed by atoms with van der Waals surface area (Å²) in [7, 11) is 0. The Kier molecular flexibility index (Phi) is 7.52. The zero-order chi connectivity index (χ0) is 23.4. The monoisotopic (exact) mass is 453 g/mol. The summed E-state index contributed by atoms with van der Waals surface area (Å²) in [5, 5.41) is 18.7. The highest BCUT2D eigenvalue weighted by atomic mass is 16.5. The Hall–Kier alpha value is -2.21. The van der Waals surface area contributed by atoms with Crippen LogP contribution in [0.25, 0.3) is 0 Å². The molecule has 0 spiro atoms. The van der Waals surface area contributed by atoms with E-state index >= 15 is 0 Å². The van der Waals surface area contributed by atoms with Gasteiger partial charge in [-0.05, 0) is 61.8 Å². The van der Waals surface area contributed by atoms with Gasteiger partial charge in [-0.2, -0.15) is 0 Å². The van der Waals surface area contributed by atoms with Crippen molar-refractivity contribution in [2.75, 3.05) is 6.61 Å². The molecular weight excluding hydrogens is 414 g/mol. The van der Waals surface area contributed by atoms with Crippen LogP contribution < -0.4 is 0 Å². The highest BCUT2D eigenvalue weighted by molar-refractivity contribution is 5.67. The van der Waals surface area contributed by atoms with Crippen molar-refractivity contribution in [3.8, 4) is 0 Å². The van der Waals surface area contributed by atoms with Gasteiger partial charge >= 0.3 is 5.97 Å². The van der Waals surface area contributed by atoms with Crippen molar-refractivity contribution < 1.29 is 14.6 Å². The summed E-state index contributed by atoms with van der Waals surface area (Å²) in [4.78, 5) is 11.6. The summed E-state index contributed by atoms with van der Waals surface area (Å²) in [6, 6.07) is 9.97. The van der Waals surface area contributed by atoms with Gasteiger partial charge in [-0.3, -0.25) is 4.79 Å². The minimum absolute atomic E-state index is 0.0819. The Labute approximate surface area is 197 Å². The lowest BCUT2D eigenvalue weighted by molar-refractivity contribution is -0.138. The fourth-order valence-electron chi connectivity index (χ4n) is 5.32. The number of rotatable bonds is 12. The molecular formula is C27H39N3O3. The molecule has 0 aliphatic heterocycles. The first-order valence-corrected chi connectivity index (χ1v) is 12.6. The van der Waals surface area contributed by atoms with E-state index < -0.39 is 5.97 Å². The summed E-state index contributed by atoms with van der Waals surface area (Å²) in [5.41, 5.74) is 3.90. The standard InChI is InChI=1S/C27H39N3O3/c1-27(2,3)17-20-14-22(15-20)25-26(21-11-12-21)30(29-28-25)23(16-24(31)32)10-7-13-33-18-19-8-5-4-6-9-19/h4-6,8-9,20-23H,7,10-18H2,1-3H3,(H,31,32). The van der Waals surface area contributed by atoms with E-state index in [1.165, 1.54) is 37.8 Å². The molecule has 4 rings (SSSR count). The average molecular weight is 454 g/mol. The fourth-order valence-corrected chi connectivity index (χ4v) is 5.32. The number of ether oxygens (including phenoxy) is 1. The van der Waals surface area contributed by atoms with Gasteiger partial charge in [0.2, 0.25) is 0 Å². The van der Waals surface area contributed by atoms with Crippen LogP contribution >= 0.6 is 0 Å². The van der Waals surface area contributed by atoms with Crippen molar-refractivity contribution in [1.29, 1.82) is 0 Å². The van der Waals surface area contributed by atoms with Crippen LogP contribution in [0.1, 0.15) is 107 Å². The van der Waals surface area contributed by atoms with Crippen LogP contribution in [0, 0.1) is 11.3 Å². The molecule has 1 heterocycles. The molecule has 1 N–H and O–H groups in total. The van der Waals surface area contributed by atoms with E-state index in [4.69, 9.17) is 4.74 Å². The molecule has 2 aliphatic rings. The van der Waals surface area contributed by atoms with E-state index in [0.717, 1.165) is 30.0 Å². The number of hydrogen-bond donors (Lipinski definition) is 1. The third-order valence-electron chi connectivity index (χ3n) is 6.94. The molecule has 6 nitrogen and oxygen atoms in total. The average Bonchev–Trinajstić information content (AvgIpc) is 3.48. The smallest absolute Gasteiger partial charge is 0.305 e. The Morgan fingerprint density at radius 3 is 2.55 bits per heavy atom. The van der Waals surface area contributed by atoms with Crippen LogP contribution in [0.15, 0.2) is 30.3 Å². The molecule has 33 heavy (non-hydrogen) atoms. The van der Waals surface area contributed by atoms with Crippen LogP contribution in [0.3, 0.4) is 0 Å². The molecule has 1 aromatic carbocycles. The minimum atomic E-state index is -0.780. The zero-order valence-corrected chi connectivity index (χ0v) is 20.4. The van der Waals surface area contributed by atoms with Gasteiger partial charge in [-0.25, -0.2) is 4.68 Å². The van der Waals surface area contributed by atoms with Gasteiger partial charge < -0.3 is 9.84 Å². The van der Waals surface area contributed by atoms with E-state index in [9.17, 15) is 9.90 Å². The SMILES string of the molecule is CC(C)(C)CC1CC(c2nnn(C(CCCOCc3ccccc3)CC(=O)O)c2C2CC2)C1. The van der Waals surface area contributed by atoms with Gasteiger partial charge in [0, 0.05) is 18.4 Å². The molecule has 1 aromatic heterocycles. The minimum Gasteiger partial charge on any atom is -0.481 e. The number of aromatic nitrogens is 3. The molecule has 6 heteroatoms. The molecule has 0 bridgehead atoms. The Morgan fingerprint density at radius 1 is 1.18 bits per heavy atom. The van der Waals surface area contributed by atoms with Crippen molar-refractivity contribution in [2.24, 2.45) is 11.3 Å². The van der Waals surface area contributed by atoms with Gasteiger partial charge in [0.25, 0.3) is 0 Å². The van der Waals surface area contributed by atoms with Gasteiger partial charge in [0.15, 0.2) is 0 Å². The third kappa shape index (κ3) is 6.66. The molecule has 2 saturated carbocycles. The maximum absolute atomic E-state index is 11.6. The molecule has 0 radical (unpaired) electrons. The Bertz CT molecular complexity index is 908. The van der Waals surface area contributed by atoms with Gasteiger partial charge in [-0.15, -0.1) is 5.10 Å². The summed E-state index contributed by atoms with van der Waals surface area (Å²) in [5.74, 6) is 0.977. The Morgan fingerprint density at radius 2 is 1.91 bits per heavy atom. The molecule has 180 valence electrons. The van der Waals surface area contributed by atoms with E-state index in [2.05, 4.69) is 43.2 Å². The summed E-state index contributed by atoms with van der Waals surface area (Å²) >= 11 is 0. The molecule has 1 atom stereocenters. The molecule has 0 saturated heterocycles. The second-order valence-electron chi connectivity index (χ2n) is 11.3. The van der Waals surface area contributed by atoms with Crippen molar-refractivity contribution >= 4 is 5.97 Å². The highest BCUT2D eigenvalue weighted by Crippen LogP contribution is 2.51. The number of hydrogen-bond acceptors (Lipinski definition) is 4. The molecule has 1 unspecified atom stereocenters. The van der Waals surface area contributed by atoms with E-state index in [1.54, 1.807) is 0 Å². The van der Waals surface area contributed by atoms with Crippen LogP contribution in [0.4, 0.5) is 0 Å². The highest BCUT2D eigenvalue weighted by Gasteiger charge is 2.41. The van der Waals surface area contributed by atoms with Crippen molar-refractivity contribution in [3.63, 3.8) is 0 Å². The topological polar surface area (TPSA) is 77.2 Å².